The van der Waals surface area contributed by atoms with E-state index in [-0.39, 0.29) is 0 Å². The van der Waals surface area contributed by atoms with Gasteiger partial charge >= 0.3 is 0 Å². The summed E-state index contributed by atoms with van der Waals surface area (Å²) in [7, 11) is 0. The molecule has 4 rings (SSSR count). The molecule has 1 N–H and O–H groups in total. The molecule has 0 saturated carbocycles. The molecule has 1 aromatic carbocycles. The molecule has 0 fully saturated rings. The summed E-state index contributed by atoms with van der Waals surface area (Å²) in [6.45, 7) is 4.14. The molecule has 2 aromatic heterocycles. The van der Waals surface area contributed by atoms with Crippen LogP contribution in [0.5, 0.6) is 0 Å². The highest BCUT2D eigenvalue weighted by Gasteiger charge is 2.23. The Kier molecular flexibility index (Phi) is 3.65. The second-order valence-electron chi connectivity index (χ2n) is 5.40. The van der Waals surface area contributed by atoms with Gasteiger partial charge in [-0.2, -0.15) is 0 Å². The van der Waals surface area contributed by atoms with E-state index in [1.165, 1.54) is 16.3 Å². The highest BCUT2D eigenvalue weighted by molar-refractivity contribution is 7.17. The fraction of sp³-hybridized carbons (Fsp3) is 0.312. The Morgan fingerprint density at radius 2 is 2.23 bits per heavy atom. The minimum Gasteiger partial charge on any atom is -0.311 e. The number of hydrogen-bond donors (Lipinski definition) is 1. The van der Waals surface area contributed by atoms with Crippen molar-refractivity contribution >= 4 is 39.5 Å². The smallest absolute Gasteiger partial charge is 0.194 e. The van der Waals surface area contributed by atoms with Crippen molar-refractivity contribution in [2.45, 2.75) is 26.3 Å². The van der Waals surface area contributed by atoms with E-state index < -0.39 is 0 Å². The van der Waals surface area contributed by atoms with Crippen LogP contribution < -0.4 is 5.32 Å². The molecule has 1 aliphatic heterocycles. The molecule has 0 bridgehead atoms. The van der Waals surface area contributed by atoms with E-state index in [1.54, 1.807) is 17.4 Å². The molecule has 114 valence electrons. The average Bonchev–Trinajstić information content (AvgIpc) is 3.02. The summed E-state index contributed by atoms with van der Waals surface area (Å²) in [4.78, 5) is 7.34. The molecule has 0 saturated heterocycles. The van der Waals surface area contributed by atoms with E-state index in [0.717, 1.165) is 42.1 Å². The summed E-state index contributed by atoms with van der Waals surface area (Å²) < 4.78 is 2.33. The summed E-state index contributed by atoms with van der Waals surface area (Å²) in [5.74, 6) is 0. The second kappa shape index (κ2) is 5.53. The lowest BCUT2D eigenvalue weighted by Crippen LogP contribution is -2.23. The minimum absolute atomic E-state index is 0.649. The van der Waals surface area contributed by atoms with E-state index in [1.807, 2.05) is 12.1 Å². The second-order valence-corrected chi connectivity index (χ2v) is 7.31. The maximum Gasteiger partial charge on any atom is 0.194 e. The Morgan fingerprint density at radius 3 is 3.00 bits per heavy atom. The van der Waals surface area contributed by atoms with Crippen LogP contribution >= 0.6 is 34.5 Å². The lowest BCUT2D eigenvalue weighted by Gasteiger charge is -2.14. The zero-order chi connectivity index (χ0) is 15.3. The summed E-state index contributed by atoms with van der Waals surface area (Å²) in [6.07, 6.45) is 1.97. The number of rotatable bonds is 2. The SMILES string of the molecule is CCc1c(-c2ccc(Cl)cc2Cl)nc2sc3c(n12)CCNC3. The standard InChI is InChI=1S/C16H15Cl2N3S/c1-2-12-15(10-4-3-9(17)7-11(10)18)20-16-21(12)13-5-6-19-8-14(13)22-16/h3-4,7,19H,2,5-6,8H2,1H3. The highest BCUT2D eigenvalue weighted by atomic mass is 35.5. The van der Waals surface area contributed by atoms with Gasteiger partial charge in [-0.15, -0.1) is 0 Å². The highest BCUT2D eigenvalue weighted by Crippen LogP contribution is 2.36. The molecule has 3 heterocycles. The third-order valence-corrected chi connectivity index (χ3v) is 5.72. The molecule has 0 unspecified atom stereocenters. The lowest BCUT2D eigenvalue weighted by molar-refractivity contribution is 0.635. The van der Waals surface area contributed by atoms with Gasteiger partial charge < -0.3 is 5.32 Å². The molecule has 0 aliphatic carbocycles. The fourth-order valence-electron chi connectivity index (χ4n) is 3.09. The van der Waals surface area contributed by atoms with Gasteiger partial charge in [0, 0.05) is 40.7 Å². The lowest BCUT2D eigenvalue weighted by atomic mass is 10.1. The van der Waals surface area contributed by atoms with Crippen molar-refractivity contribution in [2.24, 2.45) is 0 Å². The molecule has 22 heavy (non-hydrogen) atoms. The van der Waals surface area contributed by atoms with E-state index >= 15 is 0 Å². The van der Waals surface area contributed by atoms with Crippen LogP contribution in [0.25, 0.3) is 16.2 Å². The largest absolute Gasteiger partial charge is 0.311 e. The molecule has 0 spiro atoms. The summed E-state index contributed by atoms with van der Waals surface area (Å²) in [5.41, 5.74) is 4.58. The Morgan fingerprint density at radius 1 is 1.36 bits per heavy atom. The first-order valence-corrected chi connectivity index (χ1v) is 8.94. The molecule has 0 atom stereocenters. The van der Waals surface area contributed by atoms with Gasteiger partial charge in [-0.25, -0.2) is 4.98 Å². The van der Waals surface area contributed by atoms with Crippen LogP contribution in [0.1, 0.15) is 23.2 Å². The first kappa shape index (κ1) is 14.5. The van der Waals surface area contributed by atoms with Crippen LogP contribution in [0, 0.1) is 0 Å². The monoisotopic (exact) mass is 351 g/mol. The molecule has 3 nitrogen and oxygen atoms in total. The van der Waals surface area contributed by atoms with Crippen molar-refractivity contribution in [2.75, 3.05) is 6.54 Å². The van der Waals surface area contributed by atoms with Gasteiger partial charge in [0.05, 0.1) is 16.4 Å². The summed E-state index contributed by atoms with van der Waals surface area (Å²) in [6, 6.07) is 5.62. The zero-order valence-electron chi connectivity index (χ0n) is 12.1. The van der Waals surface area contributed by atoms with Gasteiger partial charge in [-0.1, -0.05) is 41.5 Å². The molecule has 0 amide bonds. The van der Waals surface area contributed by atoms with Gasteiger partial charge in [0.25, 0.3) is 0 Å². The van der Waals surface area contributed by atoms with Crippen molar-refractivity contribution in [1.82, 2.24) is 14.7 Å². The predicted molar refractivity (Wildman–Crippen MR) is 93.3 cm³/mol. The zero-order valence-corrected chi connectivity index (χ0v) is 14.4. The minimum atomic E-state index is 0.649. The quantitative estimate of drug-likeness (QED) is 0.732. The molecule has 6 heteroatoms. The number of aryl methyl sites for hydroxylation is 1. The van der Waals surface area contributed by atoms with Crippen LogP contribution in [0.4, 0.5) is 0 Å². The van der Waals surface area contributed by atoms with Crippen molar-refractivity contribution < 1.29 is 0 Å². The van der Waals surface area contributed by atoms with Crippen LogP contribution in [-0.4, -0.2) is 15.9 Å². The van der Waals surface area contributed by atoms with E-state index in [9.17, 15) is 0 Å². The molecule has 0 radical (unpaired) electrons. The Labute approximate surface area is 142 Å². The van der Waals surface area contributed by atoms with Crippen LogP contribution in [-0.2, 0) is 19.4 Å². The number of nitrogens with one attached hydrogen (secondary N) is 1. The third-order valence-electron chi connectivity index (χ3n) is 4.09. The number of benzene rings is 1. The Hall–Kier alpha value is -1.07. The maximum absolute atomic E-state index is 6.39. The van der Waals surface area contributed by atoms with Crippen LogP contribution in [0.15, 0.2) is 18.2 Å². The van der Waals surface area contributed by atoms with Gasteiger partial charge in [0.15, 0.2) is 4.96 Å². The molecule has 3 aromatic rings. The van der Waals surface area contributed by atoms with Gasteiger partial charge in [-0.05, 0) is 24.6 Å². The van der Waals surface area contributed by atoms with Crippen molar-refractivity contribution in [1.29, 1.82) is 0 Å². The van der Waals surface area contributed by atoms with Crippen molar-refractivity contribution in [3.63, 3.8) is 0 Å². The van der Waals surface area contributed by atoms with E-state index in [2.05, 4.69) is 16.6 Å². The molecular formula is C16H15Cl2N3S. The number of imidazole rings is 1. The van der Waals surface area contributed by atoms with E-state index in [0.29, 0.717) is 10.0 Å². The van der Waals surface area contributed by atoms with Crippen molar-refractivity contribution in [3.8, 4) is 11.3 Å². The van der Waals surface area contributed by atoms with Gasteiger partial charge in [0.2, 0.25) is 0 Å². The number of fused-ring (bicyclic) bond motifs is 3. The molecule has 1 aliphatic rings. The summed E-state index contributed by atoms with van der Waals surface area (Å²) in [5, 5.41) is 4.73. The number of halogens is 2. The fourth-order valence-corrected chi connectivity index (χ4v) is 4.75. The van der Waals surface area contributed by atoms with Crippen LogP contribution in [0.2, 0.25) is 10.0 Å². The number of thiazole rings is 1. The Balaban J connectivity index is 1.97. The normalized spacial score (nSPS) is 14.5. The third kappa shape index (κ3) is 2.17. The number of hydrogen-bond acceptors (Lipinski definition) is 3. The van der Waals surface area contributed by atoms with Gasteiger partial charge in [-0.3, -0.25) is 4.40 Å². The van der Waals surface area contributed by atoms with Crippen molar-refractivity contribution in [3.05, 3.63) is 44.5 Å². The topological polar surface area (TPSA) is 29.3 Å². The number of aromatic nitrogens is 2. The maximum atomic E-state index is 6.39. The Bertz CT molecular complexity index is 866. The first-order valence-electron chi connectivity index (χ1n) is 7.37. The van der Waals surface area contributed by atoms with Crippen LogP contribution in [0.3, 0.4) is 0 Å². The molecular weight excluding hydrogens is 337 g/mol. The predicted octanol–water partition coefficient (Wildman–Crippen LogP) is 4.58. The van der Waals surface area contributed by atoms with E-state index in [4.69, 9.17) is 28.2 Å². The average molecular weight is 352 g/mol. The van der Waals surface area contributed by atoms with Gasteiger partial charge in [0.1, 0.15) is 0 Å². The summed E-state index contributed by atoms with van der Waals surface area (Å²) >= 11 is 14.2. The first-order chi connectivity index (χ1) is 10.7. The number of nitrogens with zero attached hydrogens (tertiary/aromatic N) is 2.